The maximum Gasteiger partial charge on any atom is 0.229 e. The summed E-state index contributed by atoms with van der Waals surface area (Å²) in [5, 5.41) is 9.10. The van der Waals surface area contributed by atoms with Crippen LogP contribution in [0.1, 0.15) is 24.1 Å². The lowest BCUT2D eigenvalue weighted by atomic mass is 9.98. The van der Waals surface area contributed by atoms with Crippen LogP contribution in [0.15, 0.2) is 52.8 Å². The number of likely N-dealkylation sites (tertiary alicyclic amines) is 1. The van der Waals surface area contributed by atoms with Gasteiger partial charge in [-0.1, -0.05) is 24.3 Å². The van der Waals surface area contributed by atoms with Gasteiger partial charge in [0.1, 0.15) is 0 Å². The minimum absolute atomic E-state index is 0.0746. The molecule has 1 aromatic carbocycles. The Kier molecular flexibility index (Phi) is 7.02. The summed E-state index contributed by atoms with van der Waals surface area (Å²) < 4.78 is 0. The lowest BCUT2D eigenvalue weighted by Gasteiger charge is -2.33. The number of anilines is 1. The number of para-hydroxylation sites is 1. The van der Waals surface area contributed by atoms with Crippen molar-refractivity contribution >= 4 is 28.9 Å². The molecule has 2 aromatic rings. The Balaban J connectivity index is 1.24. The van der Waals surface area contributed by atoms with Crippen molar-refractivity contribution in [3.63, 3.8) is 0 Å². The van der Waals surface area contributed by atoms with Crippen LogP contribution in [-0.2, 0) is 11.3 Å². The van der Waals surface area contributed by atoms with Crippen molar-refractivity contribution in [2.45, 2.75) is 31.8 Å². The molecule has 1 aromatic heterocycles. The zero-order valence-electron chi connectivity index (χ0n) is 17.6. The third-order valence-electron chi connectivity index (χ3n) is 5.88. The highest BCUT2D eigenvalue weighted by atomic mass is 32.1. The second-order valence-corrected chi connectivity index (χ2v) is 9.19. The summed E-state index contributed by atoms with van der Waals surface area (Å²) in [6.45, 7) is 4.93. The van der Waals surface area contributed by atoms with Gasteiger partial charge in [-0.25, -0.2) is 0 Å². The minimum Gasteiger partial charge on any atom is -0.356 e. The molecular formula is C23H31N5OS. The molecule has 2 aliphatic rings. The maximum atomic E-state index is 12.4. The Morgan fingerprint density at radius 3 is 2.83 bits per heavy atom. The number of thiophene rings is 1. The zero-order chi connectivity index (χ0) is 20.8. The van der Waals surface area contributed by atoms with Crippen LogP contribution in [0.25, 0.3) is 0 Å². The maximum absolute atomic E-state index is 12.4. The summed E-state index contributed by atoms with van der Waals surface area (Å²) in [7, 11) is 1.80. The van der Waals surface area contributed by atoms with Gasteiger partial charge in [0.2, 0.25) is 5.91 Å². The number of carbonyl (C=O) groups excluding carboxylic acids is 1. The minimum atomic E-state index is 0.0746. The number of hydrogen-bond donors (Lipinski definition) is 2. The molecule has 3 heterocycles. The predicted octanol–water partition coefficient (Wildman–Crippen LogP) is 2.93. The molecule has 0 saturated carbocycles. The van der Waals surface area contributed by atoms with Crippen LogP contribution in [-0.4, -0.2) is 56.0 Å². The van der Waals surface area contributed by atoms with E-state index in [9.17, 15) is 4.79 Å². The topological polar surface area (TPSA) is 60.0 Å². The highest BCUT2D eigenvalue weighted by Gasteiger charge is 2.31. The normalized spacial score (nSPS) is 23.0. The molecule has 0 radical (unpaired) electrons. The fourth-order valence-corrected chi connectivity index (χ4v) is 5.12. The molecule has 0 aliphatic carbocycles. The molecule has 6 nitrogen and oxygen atoms in total. The van der Waals surface area contributed by atoms with Crippen LogP contribution in [0.2, 0.25) is 0 Å². The lowest BCUT2D eigenvalue weighted by Crippen LogP contribution is -2.47. The average molecular weight is 426 g/mol. The molecular weight excluding hydrogens is 394 g/mol. The molecule has 2 atom stereocenters. The summed E-state index contributed by atoms with van der Waals surface area (Å²) in [4.78, 5) is 22.7. The van der Waals surface area contributed by atoms with E-state index in [0.29, 0.717) is 18.9 Å². The molecule has 2 N–H and O–H groups in total. The molecule has 7 heteroatoms. The number of amides is 1. The first-order valence-corrected chi connectivity index (χ1v) is 11.7. The van der Waals surface area contributed by atoms with Crippen LogP contribution in [0.4, 0.5) is 5.69 Å². The number of carbonyl (C=O) groups is 1. The second-order valence-electron chi connectivity index (χ2n) is 8.16. The van der Waals surface area contributed by atoms with Gasteiger partial charge in [0.05, 0.1) is 6.04 Å². The number of nitrogens with one attached hydrogen (secondary N) is 2. The molecule has 2 saturated heterocycles. The van der Waals surface area contributed by atoms with E-state index >= 15 is 0 Å². The van der Waals surface area contributed by atoms with Gasteiger partial charge in [-0.2, -0.15) is 0 Å². The third kappa shape index (κ3) is 5.40. The molecule has 160 valence electrons. The number of nitrogens with zero attached hydrogens (tertiary/aromatic N) is 3. The van der Waals surface area contributed by atoms with Gasteiger partial charge < -0.3 is 15.5 Å². The number of aliphatic imine (C=N–C) groups is 1. The van der Waals surface area contributed by atoms with Gasteiger partial charge in [0.25, 0.3) is 0 Å². The first-order chi connectivity index (χ1) is 14.7. The quantitative estimate of drug-likeness (QED) is 0.552. The molecule has 0 spiro atoms. The van der Waals surface area contributed by atoms with Crippen molar-refractivity contribution in [1.29, 1.82) is 0 Å². The van der Waals surface area contributed by atoms with E-state index in [1.54, 1.807) is 7.05 Å². The fourth-order valence-electron chi connectivity index (χ4n) is 4.38. The smallest absolute Gasteiger partial charge is 0.229 e. The summed E-state index contributed by atoms with van der Waals surface area (Å²) >= 11 is 1.84. The van der Waals surface area contributed by atoms with Crippen molar-refractivity contribution < 1.29 is 4.79 Å². The molecule has 1 amide bonds. The van der Waals surface area contributed by atoms with E-state index in [2.05, 4.69) is 38.0 Å². The molecule has 4 rings (SSSR count). The van der Waals surface area contributed by atoms with E-state index in [4.69, 9.17) is 0 Å². The van der Waals surface area contributed by atoms with E-state index < -0.39 is 0 Å². The van der Waals surface area contributed by atoms with Crippen LogP contribution in [0.5, 0.6) is 0 Å². The Morgan fingerprint density at radius 2 is 2.07 bits per heavy atom. The summed E-state index contributed by atoms with van der Waals surface area (Å²) in [6, 6.07) is 14.3. The summed E-state index contributed by atoms with van der Waals surface area (Å²) in [6.07, 6.45) is 2.98. The lowest BCUT2D eigenvalue weighted by molar-refractivity contribution is -0.117. The molecule has 30 heavy (non-hydrogen) atoms. The molecule has 2 unspecified atom stereocenters. The number of guanidine groups is 1. The van der Waals surface area contributed by atoms with Gasteiger partial charge in [-0.15, -0.1) is 11.3 Å². The van der Waals surface area contributed by atoms with Crippen LogP contribution in [0, 0.1) is 5.92 Å². The predicted molar refractivity (Wildman–Crippen MR) is 124 cm³/mol. The van der Waals surface area contributed by atoms with Gasteiger partial charge in [-0.05, 0) is 48.9 Å². The number of benzene rings is 1. The Hall–Kier alpha value is -2.38. The third-order valence-corrected chi connectivity index (χ3v) is 6.74. The van der Waals surface area contributed by atoms with Crippen molar-refractivity contribution in [2.24, 2.45) is 10.9 Å². The van der Waals surface area contributed by atoms with Crippen LogP contribution in [0.3, 0.4) is 0 Å². The van der Waals surface area contributed by atoms with E-state index in [0.717, 1.165) is 31.3 Å². The largest absolute Gasteiger partial charge is 0.356 e. The van der Waals surface area contributed by atoms with Gasteiger partial charge >= 0.3 is 0 Å². The van der Waals surface area contributed by atoms with E-state index in [-0.39, 0.29) is 11.9 Å². The Bertz CT molecular complexity index is 839. The van der Waals surface area contributed by atoms with E-state index in [1.807, 2.05) is 46.6 Å². The van der Waals surface area contributed by atoms with Crippen LogP contribution < -0.4 is 15.5 Å². The standard InChI is InChI=1S/C23H31N5OS/c1-24-23(26-19-13-22(29)28(16-19)20-8-3-2-4-9-20)25-14-18-7-5-11-27(15-18)17-21-10-6-12-30-21/h2-4,6,8-10,12,18-19H,5,7,11,13-17H2,1H3,(H2,24,25,26). The highest BCUT2D eigenvalue weighted by molar-refractivity contribution is 7.09. The second kappa shape index (κ2) is 10.1. The van der Waals surface area contributed by atoms with E-state index in [1.165, 1.54) is 24.3 Å². The zero-order valence-corrected chi connectivity index (χ0v) is 18.4. The van der Waals surface area contributed by atoms with Gasteiger partial charge in [0.15, 0.2) is 5.96 Å². The molecule has 2 fully saturated rings. The number of piperidine rings is 1. The monoisotopic (exact) mass is 425 g/mol. The number of rotatable bonds is 6. The molecule has 0 bridgehead atoms. The summed E-state index contributed by atoms with van der Waals surface area (Å²) in [5.74, 6) is 1.56. The van der Waals surface area contributed by atoms with Gasteiger partial charge in [-0.3, -0.25) is 14.7 Å². The first kappa shape index (κ1) is 20.9. The SMILES string of the molecule is CN=C(NCC1CCCN(Cc2cccs2)C1)NC1CC(=O)N(c2ccccc2)C1. The average Bonchev–Trinajstić information content (AvgIpc) is 3.41. The Morgan fingerprint density at radius 1 is 1.20 bits per heavy atom. The molecule has 2 aliphatic heterocycles. The van der Waals surface area contributed by atoms with Gasteiger partial charge in [0, 0.05) is 50.2 Å². The summed E-state index contributed by atoms with van der Waals surface area (Å²) in [5.41, 5.74) is 0.961. The van der Waals surface area contributed by atoms with Crippen molar-refractivity contribution in [1.82, 2.24) is 15.5 Å². The van der Waals surface area contributed by atoms with Crippen molar-refractivity contribution in [3.05, 3.63) is 52.7 Å². The fraction of sp³-hybridized carbons (Fsp3) is 0.478. The van der Waals surface area contributed by atoms with Crippen LogP contribution >= 0.6 is 11.3 Å². The Labute approximate surface area is 183 Å². The number of hydrogen-bond acceptors (Lipinski definition) is 4. The van der Waals surface area contributed by atoms with Crippen molar-refractivity contribution in [2.75, 3.05) is 38.1 Å². The highest BCUT2D eigenvalue weighted by Crippen LogP contribution is 2.22. The first-order valence-electron chi connectivity index (χ1n) is 10.8. The van der Waals surface area contributed by atoms with Crippen molar-refractivity contribution in [3.8, 4) is 0 Å².